The van der Waals surface area contributed by atoms with E-state index in [0.29, 0.717) is 18.2 Å². The number of unbranched alkanes of at least 4 members (excludes halogenated alkanes) is 1. The summed E-state index contributed by atoms with van der Waals surface area (Å²) in [5.74, 6) is 0.901. The predicted molar refractivity (Wildman–Crippen MR) is 80.1 cm³/mol. The fourth-order valence-corrected chi connectivity index (χ4v) is 2.42. The average Bonchev–Trinajstić information content (AvgIpc) is 2.44. The van der Waals surface area contributed by atoms with Crippen LogP contribution in [0.2, 0.25) is 0 Å². The Morgan fingerprint density at radius 3 is 2.50 bits per heavy atom. The molecular formula is C17H20O3. The van der Waals surface area contributed by atoms with Gasteiger partial charge >= 0.3 is 5.63 Å². The molecule has 2 rings (SSSR count). The van der Waals surface area contributed by atoms with E-state index in [-0.39, 0.29) is 11.4 Å². The fourth-order valence-electron chi connectivity index (χ4n) is 2.42. The number of carbonyl (C=O) groups excluding carboxylic acids is 1. The van der Waals surface area contributed by atoms with Crippen LogP contribution in [0.4, 0.5) is 0 Å². The molecular weight excluding hydrogens is 252 g/mol. The largest absolute Gasteiger partial charge is 0.427 e. The molecule has 1 heterocycles. The standard InChI is InChI=1S/C17H20O3/c1-3-4-9-16-14(11-10-12(2)18)13-7-5-6-8-15(13)17(19)20-16/h5-8H,3-4,9-11H2,1-2H3. The topological polar surface area (TPSA) is 47.3 Å². The Bertz CT molecular complexity index is 667. The van der Waals surface area contributed by atoms with E-state index in [1.807, 2.05) is 18.2 Å². The zero-order valence-corrected chi connectivity index (χ0v) is 12.1. The van der Waals surface area contributed by atoms with Gasteiger partial charge in [-0.25, -0.2) is 4.79 Å². The maximum atomic E-state index is 12.0. The quantitative estimate of drug-likeness (QED) is 0.806. The zero-order chi connectivity index (χ0) is 14.5. The summed E-state index contributed by atoms with van der Waals surface area (Å²) < 4.78 is 5.49. The molecule has 0 saturated carbocycles. The second kappa shape index (κ2) is 6.51. The maximum absolute atomic E-state index is 12.0. The molecule has 3 heteroatoms. The van der Waals surface area contributed by atoms with Gasteiger partial charge in [0.05, 0.1) is 5.39 Å². The minimum Gasteiger partial charge on any atom is -0.427 e. The molecule has 0 aliphatic heterocycles. The summed E-state index contributed by atoms with van der Waals surface area (Å²) >= 11 is 0. The van der Waals surface area contributed by atoms with Crippen molar-refractivity contribution in [2.45, 2.75) is 46.0 Å². The van der Waals surface area contributed by atoms with Gasteiger partial charge in [-0.05, 0) is 36.8 Å². The van der Waals surface area contributed by atoms with Crippen LogP contribution in [0.1, 0.15) is 44.4 Å². The van der Waals surface area contributed by atoms with Crippen LogP contribution < -0.4 is 5.63 Å². The van der Waals surface area contributed by atoms with E-state index in [1.54, 1.807) is 13.0 Å². The molecule has 2 aromatic rings. The number of ketones is 1. The molecule has 1 aromatic heterocycles. The molecule has 1 aromatic carbocycles. The van der Waals surface area contributed by atoms with Crippen LogP contribution in [-0.4, -0.2) is 5.78 Å². The predicted octanol–water partition coefficient (Wildman–Crippen LogP) is 3.66. The first-order chi connectivity index (χ1) is 9.63. The first-order valence-corrected chi connectivity index (χ1v) is 7.16. The Morgan fingerprint density at radius 1 is 1.15 bits per heavy atom. The van der Waals surface area contributed by atoms with Crippen molar-refractivity contribution in [3.8, 4) is 0 Å². The van der Waals surface area contributed by atoms with Gasteiger partial charge in [0.15, 0.2) is 0 Å². The molecule has 0 aliphatic carbocycles. The monoisotopic (exact) mass is 272 g/mol. The van der Waals surface area contributed by atoms with Gasteiger partial charge in [0.25, 0.3) is 0 Å². The minimum atomic E-state index is -0.279. The van der Waals surface area contributed by atoms with E-state index >= 15 is 0 Å². The summed E-state index contributed by atoms with van der Waals surface area (Å²) in [4.78, 5) is 23.3. The minimum absolute atomic E-state index is 0.154. The number of hydrogen-bond acceptors (Lipinski definition) is 3. The summed E-state index contributed by atoms with van der Waals surface area (Å²) in [6.07, 6.45) is 3.90. The van der Waals surface area contributed by atoms with E-state index in [9.17, 15) is 9.59 Å². The second-order valence-electron chi connectivity index (χ2n) is 5.14. The Morgan fingerprint density at radius 2 is 1.85 bits per heavy atom. The number of benzene rings is 1. The van der Waals surface area contributed by atoms with Crippen molar-refractivity contribution in [3.05, 3.63) is 46.0 Å². The summed E-state index contributed by atoms with van der Waals surface area (Å²) in [5, 5.41) is 1.53. The van der Waals surface area contributed by atoms with Gasteiger partial charge in [-0.15, -0.1) is 0 Å². The first kappa shape index (κ1) is 14.5. The van der Waals surface area contributed by atoms with Crippen molar-refractivity contribution >= 4 is 16.6 Å². The van der Waals surface area contributed by atoms with Gasteiger partial charge in [-0.1, -0.05) is 31.5 Å². The third-order valence-electron chi connectivity index (χ3n) is 3.51. The van der Waals surface area contributed by atoms with Crippen LogP contribution in [0.3, 0.4) is 0 Å². The molecule has 0 amide bonds. The van der Waals surface area contributed by atoms with Crippen molar-refractivity contribution < 1.29 is 9.21 Å². The van der Waals surface area contributed by atoms with E-state index < -0.39 is 0 Å². The summed E-state index contributed by atoms with van der Waals surface area (Å²) in [6.45, 7) is 3.70. The molecule has 0 bridgehead atoms. The van der Waals surface area contributed by atoms with Crippen LogP contribution in [0.25, 0.3) is 10.8 Å². The van der Waals surface area contributed by atoms with Crippen molar-refractivity contribution in [1.82, 2.24) is 0 Å². The summed E-state index contributed by atoms with van der Waals surface area (Å²) in [7, 11) is 0. The van der Waals surface area contributed by atoms with Crippen molar-refractivity contribution in [2.75, 3.05) is 0 Å². The normalized spacial score (nSPS) is 10.9. The molecule has 0 saturated heterocycles. The molecule has 0 aliphatic rings. The molecule has 0 spiro atoms. The highest BCUT2D eigenvalue weighted by molar-refractivity contribution is 5.85. The van der Waals surface area contributed by atoms with Crippen LogP contribution in [-0.2, 0) is 17.6 Å². The lowest BCUT2D eigenvalue weighted by Crippen LogP contribution is -2.08. The molecule has 0 atom stereocenters. The summed E-state index contributed by atoms with van der Waals surface area (Å²) in [6, 6.07) is 7.47. The maximum Gasteiger partial charge on any atom is 0.343 e. The highest BCUT2D eigenvalue weighted by Gasteiger charge is 2.13. The SMILES string of the molecule is CCCCc1oc(=O)c2ccccc2c1CCC(C)=O. The summed E-state index contributed by atoms with van der Waals surface area (Å²) in [5.41, 5.74) is 0.738. The lowest BCUT2D eigenvalue weighted by Gasteiger charge is -2.10. The Kier molecular flexibility index (Phi) is 4.72. The Hall–Kier alpha value is -1.90. The van der Waals surface area contributed by atoms with E-state index in [0.717, 1.165) is 36.0 Å². The highest BCUT2D eigenvalue weighted by atomic mass is 16.4. The van der Waals surface area contributed by atoms with Crippen LogP contribution in [0, 0.1) is 0 Å². The molecule has 3 nitrogen and oxygen atoms in total. The smallest absolute Gasteiger partial charge is 0.343 e. The van der Waals surface area contributed by atoms with Gasteiger partial charge in [-0.2, -0.15) is 0 Å². The van der Waals surface area contributed by atoms with Crippen LogP contribution >= 0.6 is 0 Å². The Labute approximate surface area is 118 Å². The number of Topliss-reactive ketones (excluding diaryl/α,β-unsaturated/α-hetero) is 1. The van der Waals surface area contributed by atoms with Gasteiger partial charge in [0, 0.05) is 12.8 Å². The molecule has 0 fully saturated rings. The van der Waals surface area contributed by atoms with Crippen molar-refractivity contribution in [2.24, 2.45) is 0 Å². The number of carbonyl (C=O) groups is 1. The van der Waals surface area contributed by atoms with E-state index in [4.69, 9.17) is 4.42 Å². The fraction of sp³-hybridized carbons (Fsp3) is 0.412. The van der Waals surface area contributed by atoms with Crippen molar-refractivity contribution in [1.29, 1.82) is 0 Å². The lowest BCUT2D eigenvalue weighted by atomic mass is 9.98. The van der Waals surface area contributed by atoms with Crippen molar-refractivity contribution in [3.63, 3.8) is 0 Å². The number of fused-ring (bicyclic) bond motifs is 1. The van der Waals surface area contributed by atoms with Crippen LogP contribution in [0.15, 0.2) is 33.5 Å². The molecule has 0 radical (unpaired) electrons. The van der Waals surface area contributed by atoms with Gasteiger partial charge < -0.3 is 9.21 Å². The molecule has 20 heavy (non-hydrogen) atoms. The lowest BCUT2D eigenvalue weighted by molar-refractivity contribution is -0.116. The molecule has 0 unspecified atom stereocenters. The van der Waals surface area contributed by atoms with E-state index in [2.05, 4.69) is 6.92 Å². The molecule has 0 N–H and O–H groups in total. The zero-order valence-electron chi connectivity index (χ0n) is 12.1. The number of aryl methyl sites for hydroxylation is 2. The second-order valence-corrected chi connectivity index (χ2v) is 5.14. The highest BCUT2D eigenvalue weighted by Crippen LogP contribution is 2.22. The first-order valence-electron chi connectivity index (χ1n) is 7.16. The third kappa shape index (κ3) is 3.16. The average molecular weight is 272 g/mol. The van der Waals surface area contributed by atoms with E-state index in [1.165, 1.54) is 0 Å². The van der Waals surface area contributed by atoms with Crippen LogP contribution in [0.5, 0.6) is 0 Å². The number of hydrogen-bond donors (Lipinski definition) is 0. The molecule has 106 valence electrons. The van der Waals surface area contributed by atoms with Gasteiger partial charge in [0.1, 0.15) is 11.5 Å². The van der Waals surface area contributed by atoms with Gasteiger partial charge in [-0.3, -0.25) is 0 Å². The Balaban J connectivity index is 2.54. The number of rotatable bonds is 6. The van der Waals surface area contributed by atoms with Gasteiger partial charge in [0.2, 0.25) is 0 Å². The third-order valence-corrected chi connectivity index (χ3v) is 3.51.